The van der Waals surface area contributed by atoms with E-state index in [2.05, 4.69) is 52.2 Å². The van der Waals surface area contributed by atoms with Crippen LogP contribution in [0.2, 0.25) is 0 Å². The van der Waals surface area contributed by atoms with E-state index >= 15 is 0 Å². The minimum atomic E-state index is 0.231. The van der Waals surface area contributed by atoms with E-state index in [1.165, 1.54) is 0 Å². The predicted octanol–water partition coefficient (Wildman–Crippen LogP) is 2.41. The minimum absolute atomic E-state index is 0.231. The van der Waals surface area contributed by atoms with Crippen LogP contribution in [-0.4, -0.2) is 22.8 Å². The average molecular weight is 204 g/mol. The second-order valence-corrected chi connectivity index (χ2v) is 6.33. The molecule has 0 radical (unpaired) electrons. The molecular weight excluding hydrogens is 180 g/mol. The molecule has 0 fully saturated rings. The summed E-state index contributed by atoms with van der Waals surface area (Å²) in [5.41, 5.74) is 0.462. The van der Waals surface area contributed by atoms with E-state index in [0.717, 1.165) is 11.8 Å². The molecule has 0 rings (SSSR count). The Morgan fingerprint density at radius 3 is 1.31 bits per heavy atom. The van der Waals surface area contributed by atoms with Gasteiger partial charge in [0, 0.05) is 22.8 Å². The zero-order valence-electron chi connectivity index (χ0n) is 9.82. The summed E-state index contributed by atoms with van der Waals surface area (Å²) in [5, 5.41) is 6.86. The Kier molecular flexibility index (Phi) is 5.33. The minimum Gasteiger partial charge on any atom is -0.303 e. The van der Waals surface area contributed by atoms with Gasteiger partial charge in [-0.15, -0.1) is 11.8 Å². The molecule has 80 valence electrons. The van der Waals surface area contributed by atoms with Crippen LogP contribution in [0, 0.1) is 0 Å². The Labute approximate surface area is 87.2 Å². The van der Waals surface area contributed by atoms with E-state index in [-0.39, 0.29) is 11.1 Å². The highest BCUT2D eigenvalue weighted by Crippen LogP contribution is 2.05. The summed E-state index contributed by atoms with van der Waals surface area (Å²) < 4.78 is 0. The summed E-state index contributed by atoms with van der Waals surface area (Å²) in [5.74, 6) is 2.01. The van der Waals surface area contributed by atoms with Gasteiger partial charge in [0.05, 0.1) is 0 Å². The van der Waals surface area contributed by atoms with Crippen LogP contribution in [0.25, 0.3) is 0 Å². The van der Waals surface area contributed by atoms with Crippen LogP contribution in [-0.2, 0) is 0 Å². The van der Waals surface area contributed by atoms with Gasteiger partial charge in [-0.2, -0.15) is 0 Å². The maximum Gasteiger partial charge on any atom is 0.0434 e. The third kappa shape index (κ3) is 12.3. The van der Waals surface area contributed by atoms with Crippen molar-refractivity contribution in [3.8, 4) is 0 Å². The van der Waals surface area contributed by atoms with Crippen molar-refractivity contribution in [2.75, 3.05) is 11.8 Å². The van der Waals surface area contributed by atoms with E-state index < -0.39 is 0 Å². The lowest BCUT2D eigenvalue weighted by atomic mass is 10.1. The first-order valence-corrected chi connectivity index (χ1v) is 5.94. The summed E-state index contributed by atoms with van der Waals surface area (Å²) in [6.45, 7) is 13.1. The number of hydrogen-bond donors (Lipinski definition) is 2. The second-order valence-electron chi connectivity index (χ2n) is 5.35. The highest BCUT2D eigenvalue weighted by molar-refractivity contribution is 7.99. The van der Waals surface area contributed by atoms with E-state index in [0.29, 0.717) is 0 Å². The van der Waals surface area contributed by atoms with Crippen LogP contribution in [0.4, 0.5) is 0 Å². The monoisotopic (exact) mass is 204 g/mol. The van der Waals surface area contributed by atoms with E-state index in [4.69, 9.17) is 0 Å². The molecule has 0 heterocycles. The van der Waals surface area contributed by atoms with Crippen molar-refractivity contribution in [2.45, 2.75) is 52.6 Å². The number of hydrogen-bond acceptors (Lipinski definition) is 3. The molecule has 2 N–H and O–H groups in total. The van der Waals surface area contributed by atoms with Crippen LogP contribution >= 0.6 is 11.8 Å². The Balaban J connectivity index is 3.28. The SMILES string of the molecule is CC(C)(C)NCSCNC(C)(C)C. The lowest BCUT2D eigenvalue weighted by Gasteiger charge is -2.22. The normalized spacial score (nSPS) is 13.4. The molecule has 0 aromatic rings. The Bertz CT molecular complexity index is 117. The third-order valence-corrected chi connectivity index (χ3v) is 2.11. The first-order valence-electron chi connectivity index (χ1n) is 4.78. The maximum atomic E-state index is 3.43. The van der Waals surface area contributed by atoms with Crippen LogP contribution in [0.15, 0.2) is 0 Å². The van der Waals surface area contributed by atoms with Crippen molar-refractivity contribution in [3.63, 3.8) is 0 Å². The first-order chi connectivity index (χ1) is 5.71. The summed E-state index contributed by atoms with van der Waals surface area (Å²) in [6, 6.07) is 0. The van der Waals surface area contributed by atoms with Crippen molar-refractivity contribution < 1.29 is 0 Å². The highest BCUT2D eigenvalue weighted by Gasteiger charge is 2.09. The fraction of sp³-hybridized carbons (Fsp3) is 1.00. The molecule has 13 heavy (non-hydrogen) atoms. The molecule has 0 bridgehead atoms. The average Bonchev–Trinajstić information content (AvgIpc) is 1.81. The molecule has 0 spiro atoms. The van der Waals surface area contributed by atoms with Crippen molar-refractivity contribution in [3.05, 3.63) is 0 Å². The summed E-state index contributed by atoms with van der Waals surface area (Å²) in [7, 11) is 0. The fourth-order valence-electron chi connectivity index (χ4n) is 0.586. The lowest BCUT2D eigenvalue weighted by Crippen LogP contribution is -2.38. The van der Waals surface area contributed by atoms with E-state index in [1.54, 1.807) is 0 Å². The molecule has 0 aromatic heterocycles. The largest absolute Gasteiger partial charge is 0.303 e. The lowest BCUT2D eigenvalue weighted by molar-refractivity contribution is 0.454. The van der Waals surface area contributed by atoms with E-state index in [9.17, 15) is 0 Å². The van der Waals surface area contributed by atoms with Gasteiger partial charge in [0.2, 0.25) is 0 Å². The number of rotatable bonds is 4. The second kappa shape index (κ2) is 5.23. The van der Waals surface area contributed by atoms with Crippen LogP contribution in [0.3, 0.4) is 0 Å². The van der Waals surface area contributed by atoms with Gasteiger partial charge < -0.3 is 10.6 Å². The zero-order valence-corrected chi connectivity index (χ0v) is 10.6. The van der Waals surface area contributed by atoms with Gasteiger partial charge in [0.15, 0.2) is 0 Å². The molecule has 0 unspecified atom stereocenters. The maximum absolute atomic E-state index is 3.43. The quantitative estimate of drug-likeness (QED) is 0.543. The van der Waals surface area contributed by atoms with Gasteiger partial charge in [-0.25, -0.2) is 0 Å². The van der Waals surface area contributed by atoms with Gasteiger partial charge in [0.1, 0.15) is 0 Å². The van der Waals surface area contributed by atoms with Gasteiger partial charge >= 0.3 is 0 Å². The smallest absolute Gasteiger partial charge is 0.0434 e. The van der Waals surface area contributed by atoms with Crippen molar-refractivity contribution in [1.29, 1.82) is 0 Å². The van der Waals surface area contributed by atoms with Gasteiger partial charge in [-0.05, 0) is 41.5 Å². The molecule has 2 nitrogen and oxygen atoms in total. The topological polar surface area (TPSA) is 24.1 Å². The Morgan fingerprint density at radius 1 is 0.769 bits per heavy atom. The van der Waals surface area contributed by atoms with Crippen LogP contribution < -0.4 is 10.6 Å². The summed E-state index contributed by atoms with van der Waals surface area (Å²) >= 11 is 1.88. The highest BCUT2D eigenvalue weighted by atomic mass is 32.2. The molecule has 3 heteroatoms. The molecule has 0 saturated heterocycles. The van der Waals surface area contributed by atoms with Gasteiger partial charge in [-0.3, -0.25) is 0 Å². The van der Waals surface area contributed by atoms with E-state index in [1.807, 2.05) is 11.8 Å². The molecule has 0 aliphatic rings. The predicted molar refractivity (Wildman–Crippen MR) is 63.1 cm³/mol. The zero-order chi connectivity index (χ0) is 10.5. The number of thioether (sulfide) groups is 1. The Hall–Kier alpha value is 0.270. The molecule has 0 atom stereocenters. The summed E-state index contributed by atoms with van der Waals surface area (Å²) in [6.07, 6.45) is 0. The summed E-state index contributed by atoms with van der Waals surface area (Å²) in [4.78, 5) is 0. The van der Waals surface area contributed by atoms with Crippen molar-refractivity contribution in [2.24, 2.45) is 0 Å². The third-order valence-electron chi connectivity index (χ3n) is 1.41. The Morgan fingerprint density at radius 2 is 1.08 bits per heavy atom. The molecule has 0 aliphatic heterocycles. The number of nitrogens with one attached hydrogen (secondary N) is 2. The molecule has 0 amide bonds. The van der Waals surface area contributed by atoms with Gasteiger partial charge in [-0.1, -0.05) is 0 Å². The standard InChI is InChI=1S/C10H24N2S/c1-9(2,3)11-7-13-8-12-10(4,5)6/h11-12H,7-8H2,1-6H3. The van der Waals surface area contributed by atoms with Crippen LogP contribution in [0.5, 0.6) is 0 Å². The fourth-order valence-corrected chi connectivity index (χ4v) is 1.76. The molecule has 0 saturated carbocycles. The van der Waals surface area contributed by atoms with Gasteiger partial charge in [0.25, 0.3) is 0 Å². The molecule has 0 aliphatic carbocycles. The van der Waals surface area contributed by atoms with Crippen molar-refractivity contribution in [1.82, 2.24) is 10.6 Å². The molecule has 0 aromatic carbocycles. The van der Waals surface area contributed by atoms with Crippen LogP contribution in [0.1, 0.15) is 41.5 Å². The first kappa shape index (κ1) is 13.3. The van der Waals surface area contributed by atoms with Crippen molar-refractivity contribution >= 4 is 11.8 Å². The molecular formula is C10H24N2S.